The fraction of sp³-hybridized carbons (Fsp3) is 0.143. The fourth-order valence-corrected chi connectivity index (χ4v) is 1.62. The summed E-state index contributed by atoms with van der Waals surface area (Å²) in [6, 6.07) is 3.64. The molecule has 0 saturated heterocycles. The van der Waals surface area contributed by atoms with E-state index in [1.165, 1.54) is 12.1 Å². The van der Waals surface area contributed by atoms with E-state index in [4.69, 9.17) is 28.3 Å². The molecule has 0 amide bonds. The summed E-state index contributed by atoms with van der Waals surface area (Å²) in [7, 11) is -4.78. The molecule has 1 atom stereocenters. The van der Waals surface area contributed by atoms with E-state index in [0.29, 0.717) is 0 Å². The van der Waals surface area contributed by atoms with Crippen molar-refractivity contribution in [3.63, 3.8) is 0 Å². The van der Waals surface area contributed by atoms with Crippen LogP contribution in [0.2, 0.25) is 10.0 Å². The van der Waals surface area contributed by atoms with Crippen molar-refractivity contribution in [3.8, 4) is 0 Å². The van der Waals surface area contributed by atoms with Crippen LogP contribution in [0.15, 0.2) is 18.2 Å². The summed E-state index contributed by atoms with van der Waals surface area (Å²) in [6.07, 6.45) is 0. The quantitative estimate of drug-likeness (QED) is 0.530. The van der Waals surface area contributed by atoms with Crippen LogP contribution in [-0.4, -0.2) is 18.1 Å². The van der Waals surface area contributed by atoms with Crippen LogP contribution in [-0.2, 0) is 10.1 Å². The van der Waals surface area contributed by atoms with Gasteiger partial charge in [-0.15, -0.1) is 0 Å². The van der Waals surface area contributed by atoms with E-state index in [1.54, 1.807) is 0 Å². The molecule has 78 valence electrons. The Morgan fingerprint density at radius 2 is 1.80 bits per heavy atom. The third kappa shape index (κ3) is 4.20. The number of aliphatic hydroxyl groups excluding tert-OH is 1. The molecule has 0 heterocycles. The number of rotatable bonds is 2. The maximum atomic E-state index is 10.4. The second kappa shape index (κ2) is 5.84. The zero-order chi connectivity index (χ0) is 10.9. The van der Waals surface area contributed by atoms with E-state index >= 15 is 0 Å². The minimum Gasteiger partial charge on any atom is -0.746 e. The van der Waals surface area contributed by atoms with Crippen molar-refractivity contribution in [2.24, 2.45) is 0 Å². The van der Waals surface area contributed by atoms with Gasteiger partial charge in [0.2, 0.25) is 0 Å². The minimum atomic E-state index is -4.78. The Morgan fingerprint density at radius 1 is 1.27 bits per heavy atom. The maximum Gasteiger partial charge on any atom is 1.00 e. The molecule has 15 heavy (non-hydrogen) atoms. The zero-order valence-corrected chi connectivity index (χ0v) is 12.0. The average Bonchev–Trinajstić information content (AvgIpc) is 2.07. The van der Waals surface area contributed by atoms with Gasteiger partial charge in [0, 0.05) is 0 Å². The summed E-state index contributed by atoms with van der Waals surface area (Å²) in [4.78, 5) is 0. The minimum absolute atomic E-state index is 0. The SMILES string of the molecule is O=S(=O)([O-])C(O)c1ccc(Cl)c(Cl)c1.[Na+]. The molecule has 0 aromatic heterocycles. The topological polar surface area (TPSA) is 77.4 Å². The number of halogens is 2. The van der Waals surface area contributed by atoms with Gasteiger partial charge in [0.15, 0.2) is 5.44 Å². The van der Waals surface area contributed by atoms with E-state index in [-0.39, 0.29) is 45.2 Å². The van der Waals surface area contributed by atoms with Crippen LogP contribution in [0.4, 0.5) is 0 Å². The molecule has 8 heteroatoms. The number of hydrogen-bond donors (Lipinski definition) is 1. The van der Waals surface area contributed by atoms with Crippen LogP contribution >= 0.6 is 23.2 Å². The monoisotopic (exact) mass is 278 g/mol. The second-order valence-corrected chi connectivity index (χ2v) is 4.77. The Labute approximate surface area is 119 Å². The first-order valence-electron chi connectivity index (χ1n) is 3.40. The van der Waals surface area contributed by atoms with Crippen LogP contribution in [0, 0.1) is 0 Å². The summed E-state index contributed by atoms with van der Waals surface area (Å²) in [5, 5.41) is 9.36. The predicted molar refractivity (Wildman–Crippen MR) is 51.1 cm³/mol. The van der Waals surface area contributed by atoms with Crippen LogP contribution in [0.1, 0.15) is 11.0 Å². The van der Waals surface area contributed by atoms with Crippen molar-refractivity contribution in [2.45, 2.75) is 5.44 Å². The molecule has 0 aliphatic heterocycles. The molecule has 1 aromatic rings. The molecule has 0 radical (unpaired) electrons. The van der Waals surface area contributed by atoms with Gasteiger partial charge in [0.05, 0.1) is 10.0 Å². The van der Waals surface area contributed by atoms with Crippen LogP contribution < -0.4 is 29.6 Å². The van der Waals surface area contributed by atoms with Gasteiger partial charge in [-0.25, -0.2) is 8.42 Å². The van der Waals surface area contributed by atoms with E-state index < -0.39 is 15.6 Å². The molecular formula is C7H5Cl2NaO4S. The van der Waals surface area contributed by atoms with E-state index in [1.807, 2.05) is 0 Å². The molecule has 0 fully saturated rings. The Morgan fingerprint density at radius 3 is 2.20 bits per heavy atom. The zero-order valence-electron chi connectivity index (χ0n) is 7.65. The van der Waals surface area contributed by atoms with Crippen molar-refractivity contribution in [2.75, 3.05) is 0 Å². The molecule has 0 aliphatic rings. The molecule has 0 bridgehead atoms. The summed E-state index contributed by atoms with van der Waals surface area (Å²) < 4.78 is 31.3. The van der Waals surface area contributed by atoms with Crippen LogP contribution in [0.5, 0.6) is 0 Å². The largest absolute Gasteiger partial charge is 1.00 e. The second-order valence-electron chi connectivity index (χ2n) is 2.52. The fourth-order valence-electron chi connectivity index (χ4n) is 0.833. The van der Waals surface area contributed by atoms with Crippen LogP contribution in [0.3, 0.4) is 0 Å². The smallest absolute Gasteiger partial charge is 0.746 e. The molecule has 0 saturated carbocycles. The summed E-state index contributed by atoms with van der Waals surface area (Å²) in [5.74, 6) is 0. The Bertz CT molecular complexity index is 448. The van der Waals surface area contributed by atoms with Crippen LogP contribution in [0.25, 0.3) is 0 Å². The molecular weight excluding hydrogens is 274 g/mol. The van der Waals surface area contributed by atoms with Gasteiger partial charge < -0.3 is 9.66 Å². The van der Waals surface area contributed by atoms with Gasteiger partial charge in [-0.2, -0.15) is 0 Å². The number of benzene rings is 1. The average molecular weight is 279 g/mol. The predicted octanol–water partition coefficient (Wildman–Crippen LogP) is -1.47. The van der Waals surface area contributed by atoms with Crippen molar-refractivity contribution in [1.29, 1.82) is 0 Å². The van der Waals surface area contributed by atoms with E-state index in [2.05, 4.69) is 0 Å². The van der Waals surface area contributed by atoms with E-state index in [0.717, 1.165) is 6.07 Å². The van der Waals surface area contributed by atoms with E-state index in [9.17, 15) is 13.0 Å². The number of hydrogen-bond acceptors (Lipinski definition) is 4. The molecule has 1 rings (SSSR count). The molecule has 0 aliphatic carbocycles. The standard InChI is InChI=1S/C7H6Cl2O4S.Na/c8-5-2-1-4(3-6(5)9)7(10)14(11,12)13;/h1-3,7,10H,(H,11,12,13);/q;+1/p-1. The first-order valence-corrected chi connectivity index (χ1v) is 5.63. The molecule has 0 spiro atoms. The first kappa shape index (κ1) is 15.7. The van der Waals surface area contributed by atoms with Gasteiger partial charge in [-0.1, -0.05) is 29.3 Å². The first-order chi connectivity index (χ1) is 6.32. The normalized spacial score (nSPS) is 13.1. The Balaban J connectivity index is 0.00000196. The summed E-state index contributed by atoms with van der Waals surface area (Å²) in [5.41, 5.74) is -2.22. The number of aliphatic hydroxyl groups is 1. The van der Waals surface area contributed by atoms with Gasteiger partial charge in [0.1, 0.15) is 10.1 Å². The Hall–Kier alpha value is 0.670. The molecule has 4 nitrogen and oxygen atoms in total. The van der Waals surface area contributed by atoms with Gasteiger partial charge in [-0.05, 0) is 17.7 Å². The summed E-state index contributed by atoms with van der Waals surface area (Å²) >= 11 is 11.1. The van der Waals surface area contributed by atoms with Gasteiger partial charge in [0.25, 0.3) is 0 Å². The van der Waals surface area contributed by atoms with Gasteiger partial charge >= 0.3 is 29.6 Å². The van der Waals surface area contributed by atoms with Crippen molar-refractivity contribution in [3.05, 3.63) is 33.8 Å². The maximum absolute atomic E-state index is 10.4. The van der Waals surface area contributed by atoms with Crippen molar-refractivity contribution >= 4 is 33.3 Å². The van der Waals surface area contributed by atoms with Gasteiger partial charge in [-0.3, -0.25) is 0 Å². The Kier molecular flexibility index (Phi) is 6.10. The third-order valence-electron chi connectivity index (χ3n) is 1.50. The van der Waals surface area contributed by atoms with Crippen molar-refractivity contribution in [1.82, 2.24) is 0 Å². The third-order valence-corrected chi connectivity index (χ3v) is 3.06. The molecule has 1 unspecified atom stereocenters. The van der Waals surface area contributed by atoms with Crippen molar-refractivity contribution < 1.29 is 47.6 Å². The molecule has 1 aromatic carbocycles. The molecule has 1 N–H and O–H groups in total. The summed E-state index contributed by atoms with van der Waals surface area (Å²) in [6.45, 7) is 0.